The predicted octanol–water partition coefficient (Wildman–Crippen LogP) is 7.35. The maximum absolute atomic E-state index is 6.05. The smallest absolute Gasteiger partial charge is 0.175 e. The molecule has 0 saturated heterocycles. The summed E-state index contributed by atoms with van der Waals surface area (Å²) in [6, 6.07) is 19.3. The molecule has 0 aliphatic carbocycles. The van der Waals surface area contributed by atoms with Gasteiger partial charge in [-0.25, -0.2) is 0 Å². The molecule has 0 unspecified atom stereocenters. The van der Waals surface area contributed by atoms with Gasteiger partial charge in [0.05, 0.1) is 11.1 Å². The monoisotopic (exact) mass is 479 g/mol. The lowest BCUT2D eigenvalue weighted by molar-refractivity contribution is 0.267. The van der Waals surface area contributed by atoms with Crippen molar-refractivity contribution in [2.45, 2.75) is 20.1 Å². The van der Waals surface area contributed by atoms with Crippen molar-refractivity contribution >= 4 is 44.8 Å². The Bertz CT molecular complexity index is 950. The maximum atomic E-state index is 6.05. The average molecular weight is 481 g/mol. The third kappa shape index (κ3) is 5.81. The minimum atomic E-state index is 0.402. The van der Waals surface area contributed by atoms with E-state index in [1.54, 1.807) is 0 Å². The summed E-state index contributed by atoms with van der Waals surface area (Å²) in [6.45, 7) is 3.53. The van der Waals surface area contributed by atoms with Crippen molar-refractivity contribution < 1.29 is 9.47 Å². The van der Waals surface area contributed by atoms with Crippen LogP contribution in [0.4, 0.5) is 5.69 Å². The first-order valence-corrected chi connectivity index (χ1v) is 10.4. The van der Waals surface area contributed by atoms with Gasteiger partial charge in [-0.05, 0) is 76.4 Å². The Morgan fingerprint density at radius 2 is 1.64 bits per heavy atom. The summed E-state index contributed by atoms with van der Waals surface area (Å²) >= 11 is 15.7. The lowest BCUT2D eigenvalue weighted by atomic mass is 10.2. The van der Waals surface area contributed by atoms with Crippen LogP contribution in [0.25, 0.3) is 0 Å². The Kier molecular flexibility index (Phi) is 7.49. The number of ether oxygens (including phenoxy) is 2. The highest BCUT2D eigenvalue weighted by molar-refractivity contribution is 9.10. The Morgan fingerprint density at radius 1 is 0.893 bits per heavy atom. The number of benzene rings is 3. The lowest BCUT2D eigenvalue weighted by Crippen LogP contribution is -2.04. The van der Waals surface area contributed by atoms with Crippen molar-refractivity contribution in [2.75, 3.05) is 11.9 Å². The van der Waals surface area contributed by atoms with E-state index in [9.17, 15) is 0 Å². The zero-order chi connectivity index (χ0) is 19.9. The summed E-state index contributed by atoms with van der Waals surface area (Å²) in [5, 5.41) is 4.75. The van der Waals surface area contributed by atoms with Crippen molar-refractivity contribution in [3.05, 3.63) is 86.3 Å². The second-order valence-corrected chi connectivity index (χ2v) is 7.85. The van der Waals surface area contributed by atoms with Crippen LogP contribution in [0.2, 0.25) is 10.0 Å². The van der Waals surface area contributed by atoms with E-state index in [2.05, 4.69) is 21.2 Å². The molecule has 0 radical (unpaired) electrons. The minimum Gasteiger partial charge on any atom is -0.490 e. The third-order valence-electron chi connectivity index (χ3n) is 3.96. The molecule has 0 atom stereocenters. The molecule has 28 heavy (non-hydrogen) atoms. The van der Waals surface area contributed by atoms with E-state index in [4.69, 9.17) is 32.7 Å². The molecular formula is C22H20BrCl2NO2. The van der Waals surface area contributed by atoms with E-state index in [0.29, 0.717) is 41.3 Å². The van der Waals surface area contributed by atoms with Gasteiger partial charge in [0.2, 0.25) is 0 Å². The molecule has 0 amide bonds. The van der Waals surface area contributed by atoms with Gasteiger partial charge in [0.15, 0.2) is 11.5 Å². The highest BCUT2D eigenvalue weighted by atomic mass is 79.9. The van der Waals surface area contributed by atoms with Crippen LogP contribution in [0, 0.1) is 0 Å². The number of anilines is 1. The molecule has 0 heterocycles. The van der Waals surface area contributed by atoms with Gasteiger partial charge >= 0.3 is 0 Å². The second kappa shape index (κ2) is 10.1. The first-order valence-electron chi connectivity index (χ1n) is 8.87. The Balaban J connectivity index is 1.75. The van der Waals surface area contributed by atoms with Crippen LogP contribution in [0.5, 0.6) is 11.5 Å². The Labute approximate surface area is 183 Å². The van der Waals surface area contributed by atoms with Gasteiger partial charge in [-0.15, -0.1) is 0 Å². The maximum Gasteiger partial charge on any atom is 0.175 e. The molecule has 0 aliphatic rings. The van der Waals surface area contributed by atoms with Crippen molar-refractivity contribution in [1.29, 1.82) is 0 Å². The predicted molar refractivity (Wildman–Crippen MR) is 120 cm³/mol. The molecule has 0 bridgehead atoms. The van der Waals surface area contributed by atoms with Crippen LogP contribution < -0.4 is 14.8 Å². The zero-order valence-electron chi connectivity index (χ0n) is 15.3. The molecule has 0 fully saturated rings. The van der Waals surface area contributed by atoms with Crippen molar-refractivity contribution in [3.8, 4) is 11.5 Å². The summed E-state index contributed by atoms with van der Waals surface area (Å²) in [5.41, 5.74) is 3.02. The fourth-order valence-corrected chi connectivity index (χ4v) is 3.72. The van der Waals surface area contributed by atoms with Crippen LogP contribution in [0.15, 0.2) is 65.1 Å². The molecule has 0 aliphatic heterocycles. The van der Waals surface area contributed by atoms with Crippen molar-refractivity contribution in [3.63, 3.8) is 0 Å². The van der Waals surface area contributed by atoms with Gasteiger partial charge in [-0.2, -0.15) is 0 Å². The molecule has 0 aromatic heterocycles. The zero-order valence-corrected chi connectivity index (χ0v) is 18.4. The molecular weight excluding hydrogens is 461 g/mol. The van der Waals surface area contributed by atoms with Gasteiger partial charge in [0.25, 0.3) is 0 Å². The quantitative estimate of drug-likeness (QED) is 0.365. The van der Waals surface area contributed by atoms with Gasteiger partial charge in [-0.3, -0.25) is 0 Å². The summed E-state index contributed by atoms with van der Waals surface area (Å²) in [7, 11) is 0. The molecule has 3 nitrogen and oxygen atoms in total. The van der Waals surface area contributed by atoms with E-state index in [1.165, 1.54) is 0 Å². The van der Waals surface area contributed by atoms with E-state index >= 15 is 0 Å². The van der Waals surface area contributed by atoms with Crippen LogP contribution in [-0.4, -0.2) is 6.61 Å². The van der Waals surface area contributed by atoms with Crippen LogP contribution in [0.3, 0.4) is 0 Å². The van der Waals surface area contributed by atoms with Gasteiger partial charge in [-0.1, -0.05) is 41.4 Å². The van der Waals surface area contributed by atoms with Crippen molar-refractivity contribution in [2.24, 2.45) is 0 Å². The summed E-state index contributed by atoms with van der Waals surface area (Å²) in [5.74, 6) is 1.37. The number of hydrogen-bond donors (Lipinski definition) is 1. The largest absolute Gasteiger partial charge is 0.490 e. The first kappa shape index (κ1) is 20.8. The highest BCUT2D eigenvalue weighted by Gasteiger charge is 2.13. The van der Waals surface area contributed by atoms with Gasteiger partial charge in [0.1, 0.15) is 6.61 Å². The highest BCUT2D eigenvalue weighted by Crippen LogP contribution is 2.37. The molecule has 1 N–H and O–H groups in total. The van der Waals surface area contributed by atoms with E-state index in [1.807, 2.05) is 67.6 Å². The normalized spacial score (nSPS) is 10.6. The standard InChI is InChI=1S/C22H20BrCl2NO2/c1-2-27-21-11-16(13-26-19-8-4-7-18(25)12-19)10-20(23)22(21)28-14-15-5-3-6-17(24)9-15/h3-12,26H,2,13-14H2,1H3. The second-order valence-electron chi connectivity index (χ2n) is 6.12. The molecule has 146 valence electrons. The average Bonchev–Trinajstić information content (AvgIpc) is 2.66. The summed E-state index contributed by atoms with van der Waals surface area (Å²) in [6.07, 6.45) is 0. The van der Waals surface area contributed by atoms with Crippen LogP contribution in [0.1, 0.15) is 18.1 Å². The first-order chi connectivity index (χ1) is 13.5. The van der Waals surface area contributed by atoms with Crippen LogP contribution >= 0.6 is 39.1 Å². The van der Waals surface area contributed by atoms with Crippen molar-refractivity contribution in [1.82, 2.24) is 0 Å². The van der Waals surface area contributed by atoms with Gasteiger partial charge < -0.3 is 14.8 Å². The molecule has 0 saturated carbocycles. The number of rotatable bonds is 8. The molecule has 3 aromatic carbocycles. The molecule has 0 spiro atoms. The number of nitrogens with one attached hydrogen (secondary N) is 1. The topological polar surface area (TPSA) is 30.5 Å². The SMILES string of the molecule is CCOc1cc(CNc2cccc(Cl)c2)cc(Br)c1OCc1cccc(Cl)c1. The Morgan fingerprint density at radius 3 is 2.36 bits per heavy atom. The molecule has 6 heteroatoms. The van der Waals surface area contributed by atoms with E-state index in [0.717, 1.165) is 21.3 Å². The van der Waals surface area contributed by atoms with E-state index < -0.39 is 0 Å². The van der Waals surface area contributed by atoms with Gasteiger partial charge in [0, 0.05) is 22.3 Å². The molecule has 3 aromatic rings. The van der Waals surface area contributed by atoms with E-state index in [-0.39, 0.29) is 0 Å². The van der Waals surface area contributed by atoms with Crippen LogP contribution in [-0.2, 0) is 13.2 Å². The summed E-state index contributed by atoms with van der Waals surface area (Å²) in [4.78, 5) is 0. The number of hydrogen-bond acceptors (Lipinski definition) is 3. The fourth-order valence-electron chi connectivity index (χ4n) is 2.71. The summed E-state index contributed by atoms with van der Waals surface area (Å²) < 4.78 is 12.7. The number of halogens is 3. The third-order valence-corrected chi connectivity index (χ3v) is 5.02. The fraction of sp³-hybridized carbons (Fsp3) is 0.182. The Hall–Kier alpha value is -1.88. The lowest BCUT2D eigenvalue weighted by Gasteiger charge is -2.16. The minimum absolute atomic E-state index is 0.402. The molecule has 3 rings (SSSR count).